The minimum atomic E-state index is -0.316. The van der Waals surface area contributed by atoms with Crippen molar-refractivity contribution in [3.8, 4) is 0 Å². The van der Waals surface area contributed by atoms with Crippen LogP contribution < -0.4 is 10.6 Å². The Labute approximate surface area is 85.4 Å². The third-order valence-corrected chi connectivity index (χ3v) is 2.42. The van der Waals surface area contributed by atoms with Crippen LogP contribution in [0.2, 0.25) is 0 Å². The maximum atomic E-state index is 11.8. The molecule has 1 fully saturated rings. The minimum absolute atomic E-state index is 0.117. The van der Waals surface area contributed by atoms with Crippen molar-refractivity contribution in [3.63, 3.8) is 0 Å². The monoisotopic (exact) mass is 200 g/mol. The molecule has 0 aromatic rings. The van der Waals surface area contributed by atoms with Crippen LogP contribution in [0.5, 0.6) is 0 Å². The molecule has 1 aliphatic rings. The van der Waals surface area contributed by atoms with Crippen LogP contribution in [0, 0.1) is 11.3 Å². The quantitative estimate of drug-likeness (QED) is 0.656. The highest BCUT2D eigenvalue weighted by Crippen LogP contribution is 2.26. The Morgan fingerprint density at radius 1 is 1.50 bits per heavy atom. The van der Waals surface area contributed by atoms with Gasteiger partial charge in [-0.1, -0.05) is 13.8 Å². The van der Waals surface area contributed by atoms with Crippen molar-refractivity contribution in [2.45, 2.75) is 13.8 Å². The van der Waals surface area contributed by atoms with Gasteiger partial charge in [-0.05, 0) is 13.0 Å². The van der Waals surface area contributed by atoms with Gasteiger partial charge in [0.25, 0.3) is 0 Å². The lowest BCUT2D eigenvalue weighted by atomic mass is 9.84. The number of hydrogen-bond acceptors (Lipinski definition) is 3. The van der Waals surface area contributed by atoms with E-state index in [9.17, 15) is 4.79 Å². The first kappa shape index (κ1) is 11.5. The Balaban J connectivity index is 2.40. The number of nitrogens with one attached hydrogen (secondary N) is 2. The summed E-state index contributed by atoms with van der Waals surface area (Å²) in [4.78, 5) is 11.8. The Morgan fingerprint density at radius 2 is 2.14 bits per heavy atom. The summed E-state index contributed by atoms with van der Waals surface area (Å²) in [5, 5.41) is 5.99. The SMILES string of the molecule is CNCC1(C(=O)NCC(C)C)COC1. The fourth-order valence-electron chi connectivity index (χ4n) is 1.48. The van der Waals surface area contributed by atoms with Gasteiger partial charge in [0.15, 0.2) is 0 Å². The molecule has 0 atom stereocenters. The van der Waals surface area contributed by atoms with Gasteiger partial charge in [0.2, 0.25) is 5.91 Å². The summed E-state index contributed by atoms with van der Waals surface area (Å²) in [5.74, 6) is 0.610. The second-order valence-corrected chi connectivity index (χ2v) is 4.41. The molecule has 82 valence electrons. The van der Waals surface area contributed by atoms with E-state index in [1.165, 1.54) is 0 Å². The molecule has 0 unspecified atom stereocenters. The Morgan fingerprint density at radius 3 is 2.50 bits per heavy atom. The largest absolute Gasteiger partial charge is 0.379 e. The van der Waals surface area contributed by atoms with Crippen LogP contribution in [0.15, 0.2) is 0 Å². The average molecular weight is 200 g/mol. The lowest BCUT2D eigenvalue weighted by Crippen LogP contribution is -2.59. The fraction of sp³-hybridized carbons (Fsp3) is 0.900. The summed E-state index contributed by atoms with van der Waals surface area (Å²) in [6, 6.07) is 0. The second kappa shape index (κ2) is 4.75. The number of hydrogen-bond donors (Lipinski definition) is 2. The highest BCUT2D eigenvalue weighted by Gasteiger charge is 2.45. The van der Waals surface area contributed by atoms with Crippen molar-refractivity contribution in [3.05, 3.63) is 0 Å². The summed E-state index contributed by atoms with van der Waals surface area (Å²) < 4.78 is 5.12. The maximum Gasteiger partial charge on any atom is 0.232 e. The second-order valence-electron chi connectivity index (χ2n) is 4.41. The molecular weight excluding hydrogens is 180 g/mol. The van der Waals surface area contributed by atoms with Crippen LogP contribution in [0.25, 0.3) is 0 Å². The molecule has 2 N–H and O–H groups in total. The van der Waals surface area contributed by atoms with E-state index < -0.39 is 0 Å². The summed E-state index contributed by atoms with van der Waals surface area (Å²) >= 11 is 0. The fourth-order valence-corrected chi connectivity index (χ4v) is 1.48. The van der Waals surface area contributed by atoms with Crippen LogP contribution in [0.4, 0.5) is 0 Å². The molecular formula is C10H20N2O2. The van der Waals surface area contributed by atoms with Crippen molar-refractivity contribution in [2.24, 2.45) is 11.3 Å². The Hall–Kier alpha value is -0.610. The lowest BCUT2D eigenvalue weighted by Gasteiger charge is -2.39. The Bertz CT molecular complexity index is 200. The molecule has 0 bridgehead atoms. The zero-order valence-corrected chi connectivity index (χ0v) is 9.22. The van der Waals surface area contributed by atoms with E-state index in [-0.39, 0.29) is 11.3 Å². The molecule has 0 spiro atoms. The summed E-state index contributed by atoms with van der Waals surface area (Å²) in [5.41, 5.74) is -0.316. The topological polar surface area (TPSA) is 50.4 Å². The van der Waals surface area contributed by atoms with Crippen LogP contribution in [0.1, 0.15) is 13.8 Å². The van der Waals surface area contributed by atoms with Gasteiger partial charge in [0.1, 0.15) is 5.41 Å². The first-order valence-corrected chi connectivity index (χ1v) is 5.11. The molecule has 4 heteroatoms. The van der Waals surface area contributed by atoms with Crippen LogP contribution in [0.3, 0.4) is 0 Å². The van der Waals surface area contributed by atoms with E-state index in [0.29, 0.717) is 25.7 Å². The molecule has 4 nitrogen and oxygen atoms in total. The summed E-state index contributed by atoms with van der Waals surface area (Å²) in [7, 11) is 1.86. The predicted molar refractivity (Wildman–Crippen MR) is 55.0 cm³/mol. The predicted octanol–water partition coefficient (Wildman–Crippen LogP) is -0.00540. The van der Waals surface area contributed by atoms with E-state index in [1.54, 1.807) is 0 Å². The molecule has 1 saturated heterocycles. The van der Waals surface area contributed by atoms with Crippen molar-refractivity contribution in [1.29, 1.82) is 0 Å². The van der Waals surface area contributed by atoms with Gasteiger partial charge in [-0.3, -0.25) is 4.79 Å². The van der Waals surface area contributed by atoms with Crippen LogP contribution in [-0.2, 0) is 9.53 Å². The maximum absolute atomic E-state index is 11.8. The van der Waals surface area contributed by atoms with E-state index in [1.807, 2.05) is 7.05 Å². The summed E-state index contributed by atoms with van der Waals surface area (Å²) in [6.07, 6.45) is 0. The van der Waals surface area contributed by atoms with E-state index in [2.05, 4.69) is 24.5 Å². The molecule has 0 radical (unpaired) electrons. The minimum Gasteiger partial charge on any atom is -0.379 e. The average Bonchev–Trinajstić information content (AvgIpc) is 2.07. The van der Waals surface area contributed by atoms with E-state index >= 15 is 0 Å². The van der Waals surface area contributed by atoms with Crippen LogP contribution in [-0.4, -0.2) is 39.3 Å². The number of ether oxygens (including phenoxy) is 1. The third kappa shape index (κ3) is 2.45. The molecule has 0 aliphatic carbocycles. The number of carbonyl (C=O) groups is 1. The highest BCUT2D eigenvalue weighted by molar-refractivity contribution is 5.84. The first-order chi connectivity index (χ1) is 6.60. The molecule has 1 amide bonds. The standard InChI is InChI=1S/C10H20N2O2/c1-8(2)4-12-9(13)10(5-11-3)6-14-7-10/h8,11H,4-7H2,1-3H3,(H,12,13). The molecule has 1 rings (SSSR count). The Kier molecular flexibility index (Phi) is 3.89. The molecule has 0 aromatic carbocycles. The van der Waals surface area contributed by atoms with Gasteiger partial charge < -0.3 is 15.4 Å². The van der Waals surface area contributed by atoms with Gasteiger partial charge in [-0.15, -0.1) is 0 Å². The van der Waals surface area contributed by atoms with Crippen molar-refractivity contribution < 1.29 is 9.53 Å². The highest BCUT2D eigenvalue weighted by atomic mass is 16.5. The molecule has 1 heterocycles. The molecule has 0 aromatic heterocycles. The van der Waals surface area contributed by atoms with Gasteiger partial charge in [-0.25, -0.2) is 0 Å². The van der Waals surface area contributed by atoms with E-state index in [0.717, 1.165) is 6.54 Å². The zero-order valence-electron chi connectivity index (χ0n) is 9.22. The third-order valence-electron chi connectivity index (χ3n) is 2.42. The van der Waals surface area contributed by atoms with Crippen molar-refractivity contribution in [1.82, 2.24) is 10.6 Å². The summed E-state index contributed by atoms with van der Waals surface area (Å²) in [6.45, 7) is 6.68. The van der Waals surface area contributed by atoms with Gasteiger partial charge >= 0.3 is 0 Å². The van der Waals surface area contributed by atoms with Crippen LogP contribution >= 0.6 is 0 Å². The van der Waals surface area contributed by atoms with Gasteiger partial charge in [0.05, 0.1) is 13.2 Å². The molecule has 14 heavy (non-hydrogen) atoms. The smallest absolute Gasteiger partial charge is 0.232 e. The van der Waals surface area contributed by atoms with Crippen molar-refractivity contribution >= 4 is 5.91 Å². The number of carbonyl (C=O) groups excluding carboxylic acids is 1. The van der Waals surface area contributed by atoms with Gasteiger partial charge in [0, 0.05) is 13.1 Å². The first-order valence-electron chi connectivity index (χ1n) is 5.11. The molecule has 0 saturated carbocycles. The van der Waals surface area contributed by atoms with Gasteiger partial charge in [-0.2, -0.15) is 0 Å². The number of rotatable bonds is 5. The normalized spacial score (nSPS) is 19.1. The lowest BCUT2D eigenvalue weighted by molar-refractivity contribution is -0.160. The number of amides is 1. The van der Waals surface area contributed by atoms with E-state index in [4.69, 9.17) is 4.74 Å². The zero-order chi connectivity index (χ0) is 10.6. The van der Waals surface area contributed by atoms with Crippen molar-refractivity contribution in [2.75, 3.05) is 33.4 Å². The molecule has 1 aliphatic heterocycles.